The molecular weight excluding hydrogens is 292 g/mol. The van der Waals surface area contributed by atoms with E-state index in [9.17, 15) is 9.59 Å². The highest BCUT2D eigenvalue weighted by Gasteiger charge is 2.21. The van der Waals surface area contributed by atoms with E-state index in [1.54, 1.807) is 11.8 Å². The molecule has 0 aromatic heterocycles. The number of benzene rings is 1. The number of rotatable bonds is 3. The Labute approximate surface area is 138 Å². The van der Waals surface area contributed by atoms with Crippen LogP contribution in [0.4, 0.5) is 0 Å². The van der Waals surface area contributed by atoms with Crippen LogP contribution in [-0.2, 0) is 4.79 Å². The molecule has 23 heavy (non-hydrogen) atoms. The molecule has 0 bridgehead atoms. The van der Waals surface area contributed by atoms with Crippen LogP contribution in [0.3, 0.4) is 0 Å². The van der Waals surface area contributed by atoms with Crippen LogP contribution >= 0.6 is 0 Å². The number of ether oxygens (including phenoxy) is 1. The van der Waals surface area contributed by atoms with Crippen molar-refractivity contribution >= 4 is 11.8 Å². The van der Waals surface area contributed by atoms with Gasteiger partial charge in [-0.15, -0.1) is 0 Å². The third-order valence-corrected chi connectivity index (χ3v) is 4.01. The van der Waals surface area contributed by atoms with E-state index in [1.165, 1.54) is 0 Å². The average Bonchev–Trinajstić information content (AvgIpc) is 2.74. The molecule has 1 saturated heterocycles. The molecule has 5 heteroatoms. The van der Waals surface area contributed by atoms with Gasteiger partial charge in [0, 0.05) is 38.7 Å². The first-order valence-corrected chi connectivity index (χ1v) is 8.20. The molecule has 2 amide bonds. The molecular formula is C18H26N2O3. The fraction of sp³-hybridized carbons (Fsp3) is 0.556. The second kappa shape index (κ2) is 7.49. The fourth-order valence-corrected chi connectivity index (χ4v) is 2.79. The third-order valence-electron chi connectivity index (χ3n) is 4.01. The van der Waals surface area contributed by atoms with Gasteiger partial charge in [0.05, 0.1) is 6.10 Å². The van der Waals surface area contributed by atoms with Crippen molar-refractivity contribution in [2.75, 3.05) is 26.2 Å². The largest absolute Gasteiger partial charge is 0.491 e. The molecule has 0 aliphatic carbocycles. The van der Waals surface area contributed by atoms with E-state index in [0.717, 1.165) is 24.3 Å². The Balaban J connectivity index is 2.08. The van der Waals surface area contributed by atoms with E-state index in [-0.39, 0.29) is 17.9 Å². The number of carbonyl (C=O) groups is 2. The number of nitrogens with zero attached hydrogens (tertiary/aromatic N) is 2. The predicted octanol–water partition coefficient (Wildman–Crippen LogP) is 2.48. The maximum atomic E-state index is 12.7. The van der Waals surface area contributed by atoms with Crippen molar-refractivity contribution in [3.05, 3.63) is 29.3 Å². The van der Waals surface area contributed by atoms with Crippen LogP contribution in [0.25, 0.3) is 0 Å². The molecule has 1 aromatic rings. The number of hydrogen-bond acceptors (Lipinski definition) is 3. The summed E-state index contributed by atoms with van der Waals surface area (Å²) in [5, 5.41) is 0. The summed E-state index contributed by atoms with van der Waals surface area (Å²) in [6, 6.07) is 5.57. The highest BCUT2D eigenvalue weighted by molar-refractivity contribution is 5.94. The first-order valence-electron chi connectivity index (χ1n) is 8.20. The molecule has 1 heterocycles. The Morgan fingerprint density at radius 1 is 1.09 bits per heavy atom. The molecule has 0 radical (unpaired) electrons. The summed E-state index contributed by atoms with van der Waals surface area (Å²) in [5.41, 5.74) is 1.64. The smallest absolute Gasteiger partial charge is 0.253 e. The zero-order valence-electron chi connectivity index (χ0n) is 14.5. The van der Waals surface area contributed by atoms with Crippen molar-refractivity contribution in [2.45, 2.75) is 40.2 Å². The van der Waals surface area contributed by atoms with Crippen LogP contribution in [0, 0.1) is 6.92 Å². The second-order valence-corrected chi connectivity index (χ2v) is 6.30. The molecule has 0 saturated carbocycles. The van der Waals surface area contributed by atoms with Gasteiger partial charge in [0.15, 0.2) is 0 Å². The Bertz CT molecular complexity index is 584. The van der Waals surface area contributed by atoms with Crippen LogP contribution in [0.5, 0.6) is 5.75 Å². The normalized spacial score (nSPS) is 15.5. The van der Waals surface area contributed by atoms with Crippen molar-refractivity contribution in [3.8, 4) is 5.75 Å². The van der Waals surface area contributed by atoms with Gasteiger partial charge in [-0.2, -0.15) is 0 Å². The van der Waals surface area contributed by atoms with Gasteiger partial charge in [-0.1, -0.05) is 0 Å². The van der Waals surface area contributed by atoms with E-state index in [2.05, 4.69) is 0 Å². The first-order chi connectivity index (χ1) is 10.9. The van der Waals surface area contributed by atoms with Gasteiger partial charge in [0.2, 0.25) is 5.91 Å². The topological polar surface area (TPSA) is 49.9 Å². The molecule has 1 aromatic carbocycles. The summed E-state index contributed by atoms with van der Waals surface area (Å²) in [4.78, 5) is 27.8. The lowest BCUT2D eigenvalue weighted by molar-refractivity contribution is -0.128. The van der Waals surface area contributed by atoms with Crippen LogP contribution in [0.1, 0.15) is 43.1 Å². The standard InChI is InChI=1S/C18H26N2O3/c1-13(2)23-17-7-6-16(12-14(17)3)18(22)20-9-5-8-19(10-11-20)15(4)21/h6-7,12-13H,5,8-11H2,1-4H3. The molecule has 1 aliphatic rings. The number of hydrogen-bond donors (Lipinski definition) is 0. The molecule has 0 N–H and O–H groups in total. The van der Waals surface area contributed by atoms with Gasteiger partial charge in [0.1, 0.15) is 5.75 Å². The van der Waals surface area contributed by atoms with Gasteiger partial charge < -0.3 is 14.5 Å². The van der Waals surface area contributed by atoms with Crippen molar-refractivity contribution in [3.63, 3.8) is 0 Å². The second-order valence-electron chi connectivity index (χ2n) is 6.30. The van der Waals surface area contributed by atoms with E-state index in [0.29, 0.717) is 25.2 Å². The Morgan fingerprint density at radius 3 is 2.35 bits per heavy atom. The zero-order valence-corrected chi connectivity index (χ0v) is 14.5. The first kappa shape index (κ1) is 17.3. The summed E-state index contributed by atoms with van der Waals surface area (Å²) in [5.74, 6) is 0.912. The molecule has 2 rings (SSSR count). The highest BCUT2D eigenvalue weighted by Crippen LogP contribution is 2.21. The van der Waals surface area contributed by atoms with Gasteiger partial charge in [-0.05, 0) is 51.0 Å². The average molecular weight is 318 g/mol. The monoisotopic (exact) mass is 318 g/mol. The molecule has 0 atom stereocenters. The predicted molar refractivity (Wildman–Crippen MR) is 89.7 cm³/mol. The van der Waals surface area contributed by atoms with Crippen LogP contribution in [0.15, 0.2) is 18.2 Å². The molecule has 0 unspecified atom stereocenters. The Kier molecular flexibility index (Phi) is 5.64. The van der Waals surface area contributed by atoms with Crippen LogP contribution < -0.4 is 4.74 Å². The summed E-state index contributed by atoms with van der Waals surface area (Å²) in [7, 11) is 0. The van der Waals surface area contributed by atoms with E-state index in [1.807, 2.05) is 43.9 Å². The molecule has 5 nitrogen and oxygen atoms in total. The lowest BCUT2D eigenvalue weighted by Crippen LogP contribution is -2.36. The lowest BCUT2D eigenvalue weighted by Gasteiger charge is -2.22. The van der Waals surface area contributed by atoms with Crippen LogP contribution in [0.2, 0.25) is 0 Å². The Hall–Kier alpha value is -2.04. The van der Waals surface area contributed by atoms with Gasteiger partial charge in [-0.25, -0.2) is 0 Å². The van der Waals surface area contributed by atoms with Crippen molar-refractivity contribution in [2.24, 2.45) is 0 Å². The maximum absolute atomic E-state index is 12.7. The number of amides is 2. The van der Waals surface area contributed by atoms with Gasteiger partial charge >= 0.3 is 0 Å². The molecule has 1 aliphatic heterocycles. The van der Waals surface area contributed by atoms with E-state index >= 15 is 0 Å². The Morgan fingerprint density at radius 2 is 1.74 bits per heavy atom. The minimum Gasteiger partial charge on any atom is -0.491 e. The van der Waals surface area contributed by atoms with Gasteiger partial charge in [-0.3, -0.25) is 9.59 Å². The van der Waals surface area contributed by atoms with E-state index in [4.69, 9.17) is 4.74 Å². The van der Waals surface area contributed by atoms with Crippen molar-refractivity contribution in [1.29, 1.82) is 0 Å². The molecule has 126 valence electrons. The zero-order chi connectivity index (χ0) is 17.0. The van der Waals surface area contributed by atoms with Gasteiger partial charge in [0.25, 0.3) is 5.91 Å². The quantitative estimate of drug-likeness (QED) is 0.860. The third kappa shape index (κ3) is 4.47. The lowest BCUT2D eigenvalue weighted by atomic mass is 10.1. The summed E-state index contributed by atoms with van der Waals surface area (Å²) < 4.78 is 5.72. The number of carbonyl (C=O) groups excluding carboxylic acids is 2. The fourth-order valence-electron chi connectivity index (χ4n) is 2.79. The minimum absolute atomic E-state index is 0.0228. The van der Waals surface area contributed by atoms with Crippen molar-refractivity contribution in [1.82, 2.24) is 9.80 Å². The molecule has 1 fully saturated rings. The van der Waals surface area contributed by atoms with Crippen molar-refractivity contribution < 1.29 is 14.3 Å². The number of aryl methyl sites for hydroxylation is 1. The highest BCUT2D eigenvalue weighted by atomic mass is 16.5. The van der Waals surface area contributed by atoms with E-state index < -0.39 is 0 Å². The molecule has 0 spiro atoms. The summed E-state index contributed by atoms with van der Waals surface area (Å²) in [6.45, 7) is 10.1. The summed E-state index contributed by atoms with van der Waals surface area (Å²) >= 11 is 0. The van der Waals surface area contributed by atoms with Crippen LogP contribution in [-0.4, -0.2) is 53.9 Å². The minimum atomic E-state index is 0.0228. The SMILES string of the molecule is CC(=O)N1CCCN(C(=O)c2ccc(OC(C)C)c(C)c2)CC1. The summed E-state index contributed by atoms with van der Waals surface area (Å²) in [6.07, 6.45) is 0.928. The maximum Gasteiger partial charge on any atom is 0.253 e.